The number of halogens is 1. The van der Waals surface area contributed by atoms with E-state index in [4.69, 9.17) is 0 Å². The van der Waals surface area contributed by atoms with Crippen LogP contribution >= 0.6 is 0 Å². The van der Waals surface area contributed by atoms with Gasteiger partial charge in [-0.05, 0) is 18.2 Å². The van der Waals surface area contributed by atoms with E-state index in [9.17, 15) is 14.0 Å². The lowest BCUT2D eigenvalue weighted by atomic mass is 10.1. The molecule has 0 radical (unpaired) electrons. The van der Waals surface area contributed by atoms with Gasteiger partial charge in [-0.2, -0.15) is 0 Å². The molecule has 1 heterocycles. The van der Waals surface area contributed by atoms with Crippen molar-refractivity contribution in [1.82, 2.24) is 5.32 Å². The number of carbonyl (C=O) groups is 2. The van der Waals surface area contributed by atoms with Crippen LogP contribution in [0.2, 0.25) is 0 Å². The lowest BCUT2D eigenvalue weighted by Crippen LogP contribution is -2.31. The summed E-state index contributed by atoms with van der Waals surface area (Å²) in [5.41, 5.74) is 1.01. The van der Waals surface area contributed by atoms with E-state index in [0.29, 0.717) is 11.3 Å². The summed E-state index contributed by atoms with van der Waals surface area (Å²) in [6.45, 7) is 1.31. The Balaban J connectivity index is 2.39. The molecular formula is C10H9FN2O2. The first-order chi connectivity index (χ1) is 7.08. The Hall–Kier alpha value is -1.91. The first-order valence-electron chi connectivity index (χ1n) is 4.45. The van der Waals surface area contributed by atoms with Crippen LogP contribution in [0.3, 0.4) is 0 Å². The van der Waals surface area contributed by atoms with E-state index in [0.717, 1.165) is 0 Å². The Labute approximate surface area is 85.5 Å². The van der Waals surface area contributed by atoms with Gasteiger partial charge in [0.1, 0.15) is 11.9 Å². The minimum atomic E-state index is -0.784. The molecule has 78 valence electrons. The fraction of sp³-hybridized carbons (Fsp3) is 0.200. The molecule has 1 aliphatic heterocycles. The number of nitrogens with one attached hydrogen (secondary N) is 2. The van der Waals surface area contributed by atoms with Crippen LogP contribution < -0.4 is 10.6 Å². The highest BCUT2D eigenvalue weighted by Crippen LogP contribution is 2.30. The molecule has 0 aliphatic carbocycles. The van der Waals surface area contributed by atoms with E-state index >= 15 is 0 Å². The van der Waals surface area contributed by atoms with Gasteiger partial charge in [0.25, 0.3) is 5.91 Å². The van der Waals surface area contributed by atoms with Gasteiger partial charge in [-0.3, -0.25) is 9.59 Å². The first-order valence-corrected chi connectivity index (χ1v) is 4.45. The summed E-state index contributed by atoms with van der Waals surface area (Å²) in [6, 6.07) is 3.20. The Morgan fingerprint density at radius 1 is 1.53 bits per heavy atom. The largest absolute Gasteiger partial charge is 0.341 e. The van der Waals surface area contributed by atoms with Crippen molar-refractivity contribution in [2.45, 2.75) is 13.0 Å². The van der Waals surface area contributed by atoms with Gasteiger partial charge in [-0.15, -0.1) is 0 Å². The summed E-state index contributed by atoms with van der Waals surface area (Å²) < 4.78 is 12.9. The number of amides is 2. The minimum absolute atomic E-state index is 0.327. The highest BCUT2D eigenvalue weighted by molar-refractivity contribution is 6.04. The summed E-state index contributed by atoms with van der Waals surface area (Å²) >= 11 is 0. The van der Waals surface area contributed by atoms with Gasteiger partial charge < -0.3 is 10.6 Å². The maximum Gasteiger partial charge on any atom is 0.251 e. The van der Waals surface area contributed by atoms with Gasteiger partial charge in [0.15, 0.2) is 0 Å². The van der Waals surface area contributed by atoms with Crippen molar-refractivity contribution in [1.29, 1.82) is 0 Å². The molecule has 0 fully saturated rings. The second-order valence-electron chi connectivity index (χ2n) is 3.35. The third-order valence-corrected chi connectivity index (χ3v) is 2.19. The molecule has 1 atom stereocenters. The molecule has 1 aromatic rings. The molecule has 15 heavy (non-hydrogen) atoms. The van der Waals surface area contributed by atoms with Crippen LogP contribution in [-0.2, 0) is 9.59 Å². The van der Waals surface area contributed by atoms with Gasteiger partial charge >= 0.3 is 0 Å². The van der Waals surface area contributed by atoms with Crippen LogP contribution in [0.4, 0.5) is 10.1 Å². The maximum atomic E-state index is 12.9. The molecule has 2 rings (SSSR count). The Morgan fingerprint density at radius 3 is 2.93 bits per heavy atom. The molecule has 0 spiro atoms. The Morgan fingerprint density at radius 2 is 2.27 bits per heavy atom. The second-order valence-corrected chi connectivity index (χ2v) is 3.35. The number of hydrogen-bond donors (Lipinski definition) is 2. The number of anilines is 1. The molecule has 1 unspecified atom stereocenters. The number of hydrogen-bond acceptors (Lipinski definition) is 2. The van der Waals surface area contributed by atoms with Crippen molar-refractivity contribution in [2.75, 3.05) is 5.32 Å². The van der Waals surface area contributed by atoms with E-state index < -0.39 is 11.9 Å². The molecule has 0 saturated heterocycles. The highest BCUT2D eigenvalue weighted by Gasteiger charge is 2.31. The van der Waals surface area contributed by atoms with Crippen molar-refractivity contribution >= 4 is 17.5 Å². The monoisotopic (exact) mass is 208 g/mol. The topological polar surface area (TPSA) is 58.2 Å². The summed E-state index contributed by atoms with van der Waals surface area (Å²) in [5, 5.41) is 5.02. The molecule has 0 aromatic heterocycles. The number of rotatable bonds is 1. The average Bonchev–Trinajstić information content (AvgIpc) is 2.43. The molecule has 2 amide bonds. The normalized spacial score (nSPS) is 18.3. The molecule has 1 aliphatic rings. The quantitative estimate of drug-likeness (QED) is 0.722. The smallest absolute Gasteiger partial charge is 0.251 e. The van der Waals surface area contributed by atoms with Gasteiger partial charge in [0.05, 0.1) is 0 Å². The van der Waals surface area contributed by atoms with Crippen LogP contribution in [0.25, 0.3) is 0 Å². The van der Waals surface area contributed by atoms with E-state index in [1.165, 1.54) is 25.1 Å². The third-order valence-electron chi connectivity index (χ3n) is 2.19. The van der Waals surface area contributed by atoms with Crippen LogP contribution in [0.15, 0.2) is 18.2 Å². The molecule has 5 heteroatoms. The van der Waals surface area contributed by atoms with E-state index in [1.54, 1.807) is 0 Å². The minimum Gasteiger partial charge on any atom is -0.341 e. The number of fused-ring (bicyclic) bond motifs is 1. The van der Waals surface area contributed by atoms with E-state index in [-0.39, 0.29) is 11.8 Å². The molecule has 1 aromatic carbocycles. The lowest BCUT2D eigenvalue weighted by molar-refractivity contribution is -0.124. The Kier molecular flexibility index (Phi) is 2.15. The molecule has 4 nitrogen and oxygen atoms in total. The molecule has 2 N–H and O–H groups in total. The molecule has 0 bridgehead atoms. The van der Waals surface area contributed by atoms with Gasteiger partial charge in [0, 0.05) is 18.2 Å². The summed E-state index contributed by atoms with van der Waals surface area (Å²) in [6.07, 6.45) is 0. The number of benzene rings is 1. The molecular weight excluding hydrogens is 199 g/mol. The second kappa shape index (κ2) is 3.34. The van der Waals surface area contributed by atoms with Crippen molar-refractivity contribution in [3.63, 3.8) is 0 Å². The van der Waals surface area contributed by atoms with Gasteiger partial charge in [-0.25, -0.2) is 4.39 Å². The average molecular weight is 208 g/mol. The zero-order valence-corrected chi connectivity index (χ0v) is 8.00. The van der Waals surface area contributed by atoms with Crippen molar-refractivity contribution in [2.24, 2.45) is 0 Å². The van der Waals surface area contributed by atoms with Crippen LogP contribution in [-0.4, -0.2) is 11.8 Å². The third kappa shape index (κ3) is 1.68. The maximum absolute atomic E-state index is 12.9. The SMILES string of the molecule is CC(=O)NC1C(=O)Nc2ccc(F)cc21. The number of carbonyl (C=O) groups excluding carboxylic acids is 2. The van der Waals surface area contributed by atoms with Gasteiger partial charge in [-0.1, -0.05) is 0 Å². The van der Waals surface area contributed by atoms with Crippen LogP contribution in [0, 0.1) is 5.82 Å². The van der Waals surface area contributed by atoms with Crippen LogP contribution in [0.1, 0.15) is 18.5 Å². The predicted molar refractivity (Wildman–Crippen MR) is 51.6 cm³/mol. The fourth-order valence-electron chi connectivity index (χ4n) is 1.58. The van der Waals surface area contributed by atoms with Gasteiger partial charge in [0.2, 0.25) is 5.91 Å². The summed E-state index contributed by atoms with van der Waals surface area (Å²) in [5.74, 6) is -1.10. The summed E-state index contributed by atoms with van der Waals surface area (Å²) in [7, 11) is 0. The zero-order chi connectivity index (χ0) is 11.0. The zero-order valence-electron chi connectivity index (χ0n) is 8.00. The summed E-state index contributed by atoms with van der Waals surface area (Å²) in [4.78, 5) is 22.3. The predicted octanol–water partition coefficient (Wildman–Crippen LogP) is 0.955. The van der Waals surface area contributed by atoms with E-state index in [1.807, 2.05) is 0 Å². The highest BCUT2D eigenvalue weighted by atomic mass is 19.1. The molecule has 0 saturated carbocycles. The Bertz CT molecular complexity index is 445. The van der Waals surface area contributed by atoms with Crippen LogP contribution in [0.5, 0.6) is 0 Å². The van der Waals surface area contributed by atoms with Crippen molar-refractivity contribution in [3.05, 3.63) is 29.6 Å². The first kappa shape index (κ1) is 9.64. The van der Waals surface area contributed by atoms with E-state index in [2.05, 4.69) is 10.6 Å². The van der Waals surface area contributed by atoms with Crippen molar-refractivity contribution in [3.8, 4) is 0 Å². The van der Waals surface area contributed by atoms with Crippen molar-refractivity contribution < 1.29 is 14.0 Å². The standard InChI is InChI=1S/C10H9FN2O2/c1-5(14)12-9-7-4-6(11)2-3-8(7)13-10(9)15/h2-4,9H,1H3,(H,12,14)(H,13,15). The lowest BCUT2D eigenvalue weighted by Gasteiger charge is -2.08. The fourth-order valence-corrected chi connectivity index (χ4v) is 1.58.